The number of rotatable bonds is 4. The molecular formula is C15H17N3O2. The predicted octanol–water partition coefficient (Wildman–Crippen LogP) is 1.95. The third-order valence-electron chi connectivity index (χ3n) is 3.19. The van der Waals surface area contributed by atoms with Crippen LogP contribution in [0.4, 0.5) is 0 Å². The van der Waals surface area contributed by atoms with Crippen LogP contribution >= 0.6 is 0 Å². The largest absolute Gasteiger partial charge is 0.486 e. The van der Waals surface area contributed by atoms with Crippen molar-refractivity contribution in [2.75, 3.05) is 19.8 Å². The Morgan fingerprint density at radius 1 is 1.20 bits per heavy atom. The van der Waals surface area contributed by atoms with Gasteiger partial charge in [0.2, 0.25) is 0 Å². The van der Waals surface area contributed by atoms with Crippen molar-refractivity contribution in [2.45, 2.75) is 13.0 Å². The molecule has 0 saturated carbocycles. The number of nitrogens with zero attached hydrogens (tertiary/aromatic N) is 2. The van der Waals surface area contributed by atoms with Crippen LogP contribution in [-0.2, 0) is 0 Å². The van der Waals surface area contributed by atoms with Crippen LogP contribution in [0.1, 0.15) is 24.2 Å². The summed E-state index contributed by atoms with van der Waals surface area (Å²) in [6.07, 6.45) is 5.16. The Labute approximate surface area is 118 Å². The summed E-state index contributed by atoms with van der Waals surface area (Å²) in [6, 6.07) is 6.00. The van der Waals surface area contributed by atoms with Crippen LogP contribution in [0.2, 0.25) is 0 Å². The molecule has 0 amide bonds. The Morgan fingerprint density at radius 2 is 2.05 bits per heavy atom. The molecule has 0 fully saturated rings. The van der Waals surface area contributed by atoms with Crippen molar-refractivity contribution in [3.05, 3.63) is 48.0 Å². The van der Waals surface area contributed by atoms with Gasteiger partial charge in [0, 0.05) is 12.4 Å². The van der Waals surface area contributed by atoms with Crippen molar-refractivity contribution in [3.63, 3.8) is 0 Å². The van der Waals surface area contributed by atoms with E-state index in [1.807, 2.05) is 18.2 Å². The van der Waals surface area contributed by atoms with Crippen LogP contribution in [0, 0.1) is 0 Å². The molecule has 5 heteroatoms. The highest BCUT2D eigenvalue weighted by atomic mass is 16.6. The third kappa shape index (κ3) is 2.58. The minimum absolute atomic E-state index is 0.00419. The molecule has 20 heavy (non-hydrogen) atoms. The highest BCUT2D eigenvalue weighted by molar-refractivity contribution is 5.45. The van der Waals surface area contributed by atoms with Crippen LogP contribution in [0.3, 0.4) is 0 Å². The first-order valence-corrected chi connectivity index (χ1v) is 6.77. The van der Waals surface area contributed by atoms with E-state index in [-0.39, 0.29) is 6.04 Å². The van der Waals surface area contributed by atoms with Crippen molar-refractivity contribution in [2.24, 2.45) is 0 Å². The van der Waals surface area contributed by atoms with E-state index in [2.05, 4.69) is 22.2 Å². The zero-order valence-electron chi connectivity index (χ0n) is 11.4. The Morgan fingerprint density at radius 3 is 2.80 bits per heavy atom. The molecule has 1 unspecified atom stereocenters. The first kappa shape index (κ1) is 12.9. The van der Waals surface area contributed by atoms with Crippen LogP contribution in [-0.4, -0.2) is 29.7 Å². The number of hydrogen-bond donors (Lipinski definition) is 1. The number of hydrogen-bond acceptors (Lipinski definition) is 5. The second kappa shape index (κ2) is 5.88. The van der Waals surface area contributed by atoms with Gasteiger partial charge in [-0.2, -0.15) is 0 Å². The average molecular weight is 271 g/mol. The molecule has 1 atom stereocenters. The number of nitrogens with one attached hydrogen (secondary N) is 1. The minimum atomic E-state index is 0.00419. The quantitative estimate of drug-likeness (QED) is 0.921. The predicted molar refractivity (Wildman–Crippen MR) is 75.0 cm³/mol. The number of aromatic nitrogens is 2. The van der Waals surface area contributed by atoms with Crippen molar-refractivity contribution < 1.29 is 9.47 Å². The monoisotopic (exact) mass is 271 g/mol. The third-order valence-corrected chi connectivity index (χ3v) is 3.19. The summed E-state index contributed by atoms with van der Waals surface area (Å²) in [6.45, 7) is 4.11. The average Bonchev–Trinajstić information content (AvgIpc) is 2.53. The van der Waals surface area contributed by atoms with E-state index in [0.29, 0.717) is 13.2 Å². The first-order valence-electron chi connectivity index (χ1n) is 6.77. The molecule has 1 aliphatic heterocycles. The van der Waals surface area contributed by atoms with Gasteiger partial charge in [0.15, 0.2) is 11.5 Å². The lowest BCUT2D eigenvalue weighted by atomic mass is 10.0. The Balaban J connectivity index is 1.95. The van der Waals surface area contributed by atoms with Gasteiger partial charge < -0.3 is 14.8 Å². The molecule has 104 valence electrons. The summed E-state index contributed by atoms with van der Waals surface area (Å²) in [7, 11) is 0. The first-order chi connectivity index (χ1) is 9.88. The van der Waals surface area contributed by atoms with E-state index in [0.717, 1.165) is 29.3 Å². The van der Waals surface area contributed by atoms with Crippen LogP contribution < -0.4 is 14.8 Å². The Hall–Kier alpha value is -2.14. The fraction of sp³-hybridized carbons (Fsp3) is 0.333. The zero-order chi connectivity index (χ0) is 13.8. The second-order valence-electron chi connectivity index (χ2n) is 4.52. The molecule has 0 saturated heterocycles. The van der Waals surface area contributed by atoms with Crippen molar-refractivity contribution in [1.82, 2.24) is 15.3 Å². The summed E-state index contributed by atoms with van der Waals surface area (Å²) < 4.78 is 11.2. The van der Waals surface area contributed by atoms with Gasteiger partial charge in [0.1, 0.15) is 13.2 Å². The maximum atomic E-state index is 5.64. The topological polar surface area (TPSA) is 56.3 Å². The van der Waals surface area contributed by atoms with E-state index in [9.17, 15) is 0 Å². The highest BCUT2D eigenvalue weighted by Crippen LogP contribution is 2.33. The Kier molecular flexibility index (Phi) is 3.78. The lowest BCUT2D eigenvalue weighted by Crippen LogP contribution is -2.23. The van der Waals surface area contributed by atoms with Crippen molar-refractivity contribution in [1.29, 1.82) is 0 Å². The summed E-state index contributed by atoms with van der Waals surface area (Å²) in [4.78, 5) is 8.53. The number of ether oxygens (including phenoxy) is 2. The highest BCUT2D eigenvalue weighted by Gasteiger charge is 2.18. The fourth-order valence-corrected chi connectivity index (χ4v) is 2.30. The molecule has 2 heterocycles. The van der Waals surface area contributed by atoms with E-state index in [4.69, 9.17) is 9.47 Å². The van der Waals surface area contributed by atoms with Gasteiger partial charge in [-0.3, -0.25) is 9.97 Å². The SMILES string of the molecule is CCNC(c1ccc2c(c1)OCCO2)c1cnccn1. The molecular weight excluding hydrogens is 254 g/mol. The van der Waals surface area contributed by atoms with Crippen molar-refractivity contribution in [3.8, 4) is 11.5 Å². The second-order valence-corrected chi connectivity index (χ2v) is 4.52. The minimum Gasteiger partial charge on any atom is -0.486 e. The van der Waals surface area contributed by atoms with Gasteiger partial charge in [-0.25, -0.2) is 0 Å². The van der Waals surface area contributed by atoms with E-state index in [1.54, 1.807) is 18.6 Å². The smallest absolute Gasteiger partial charge is 0.161 e. The molecule has 1 aromatic heterocycles. The molecule has 1 aromatic carbocycles. The van der Waals surface area contributed by atoms with E-state index in [1.165, 1.54) is 0 Å². The van der Waals surface area contributed by atoms with Gasteiger partial charge in [0.05, 0.1) is 17.9 Å². The zero-order valence-corrected chi connectivity index (χ0v) is 11.4. The molecule has 0 spiro atoms. The van der Waals surface area contributed by atoms with Gasteiger partial charge in [-0.05, 0) is 24.2 Å². The lowest BCUT2D eigenvalue weighted by molar-refractivity contribution is 0.171. The standard InChI is InChI=1S/C15H17N3O2/c1-2-17-15(12-10-16-5-6-18-12)11-3-4-13-14(9-11)20-8-7-19-13/h3-6,9-10,15,17H,2,7-8H2,1H3. The summed E-state index contributed by atoms with van der Waals surface area (Å²) >= 11 is 0. The molecule has 1 aliphatic rings. The maximum Gasteiger partial charge on any atom is 0.161 e. The number of benzene rings is 1. The molecule has 5 nitrogen and oxygen atoms in total. The Bertz CT molecular complexity index is 575. The molecule has 0 aliphatic carbocycles. The molecule has 3 rings (SSSR count). The lowest BCUT2D eigenvalue weighted by Gasteiger charge is -2.22. The van der Waals surface area contributed by atoms with Gasteiger partial charge >= 0.3 is 0 Å². The molecule has 2 aromatic rings. The van der Waals surface area contributed by atoms with Crippen LogP contribution in [0.5, 0.6) is 11.5 Å². The maximum absolute atomic E-state index is 5.64. The summed E-state index contributed by atoms with van der Waals surface area (Å²) in [5.74, 6) is 1.59. The van der Waals surface area contributed by atoms with Gasteiger partial charge in [-0.1, -0.05) is 13.0 Å². The number of fused-ring (bicyclic) bond motifs is 1. The molecule has 1 N–H and O–H groups in total. The van der Waals surface area contributed by atoms with E-state index < -0.39 is 0 Å². The van der Waals surface area contributed by atoms with Crippen molar-refractivity contribution >= 4 is 0 Å². The molecule has 0 bridgehead atoms. The fourth-order valence-electron chi connectivity index (χ4n) is 2.30. The normalized spacial score (nSPS) is 14.8. The van der Waals surface area contributed by atoms with Gasteiger partial charge in [-0.15, -0.1) is 0 Å². The van der Waals surface area contributed by atoms with E-state index >= 15 is 0 Å². The van der Waals surface area contributed by atoms with Crippen LogP contribution in [0.15, 0.2) is 36.8 Å². The molecule has 0 radical (unpaired) electrons. The summed E-state index contributed by atoms with van der Waals surface area (Å²) in [5.41, 5.74) is 1.99. The summed E-state index contributed by atoms with van der Waals surface area (Å²) in [5, 5.41) is 3.42. The van der Waals surface area contributed by atoms with Gasteiger partial charge in [0.25, 0.3) is 0 Å². The van der Waals surface area contributed by atoms with Crippen LogP contribution in [0.25, 0.3) is 0 Å².